The number of unbranched alkanes of at least 4 members (excludes halogenated alkanes) is 1. The van der Waals surface area contributed by atoms with Crippen LogP contribution in [-0.4, -0.2) is 57.7 Å². The molecule has 0 aromatic carbocycles. The number of nitrogens with zero attached hydrogens (tertiary/aromatic N) is 1. The van der Waals surface area contributed by atoms with Crippen molar-refractivity contribution in [2.75, 3.05) is 25.9 Å². The van der Waals surface area contributed by atoms with E-state index in [-0.39, 0.29) is 17.8 Å². The fraction of sp³-hybridized carbons (Fsp3) is 0.923. The van der Waals surface area contributed by atoms with E-state index in [2.05, 4.69) is 14.9 Å². The van der Waals surface area contributed by atoms with Gasteiger partial charge >= 0.3 is 0 Å². The minimum absolute atomic E-state index is 0.0271. The Labute approximate surface area is 122 Å². The van der Waals surface area contributed by atoms with Gasteiger partial charge in [0.25, 0.3) is 0 Å². The molecule has 6 nitrogen and oxygen atoms in total. The molecule has 0 bridgehead atoms. The molecule has 2 N–H and O–H groups in total. The second-order valence-electron chi connectivity index (χ2n) is 5.60. The van der Waals surface area contributed by atoms with E-state index < -0.39 is 10.0 Å². The van der Waals surface area contributed by atoms with Gasteiger partial charge in [0.1, 0.15) is 0 Å². The molecule has 1 heterocycles. The second kappa shape index (κ2) is 8.59. The zero-order valence-electron chi connectivity index (χ0n) is 12.5. The van der Waals surface area contributed by atoms with Crippen molar-refractivity contribution in [3.05, 3.63) is 0 Å². The van der Waals surface area contributed by atoms with Crippen LogP contribution >= 0.6 is 0 Å². The summed E-state index contributed by atoms with van der Waals surface area (Å²) >= 11 is 0. The summed E-state index contributed by atoms with van der Waals surface area (Å²) in [5, 5.41) is 2.61. The smallest absolute Gasteiger partial charge is 0.213 e. The molecular formula is C13H27N3O3S. The Balaban J connectivity index is 2.47. The van der Waals surface area contributed by atoms with Crippen LogP contribution in [-0.2, 0) is 14.8 Å². The van der Waals surface area contributed by atoms with E-state index in [0.29, 0.717) is 12.8 Å². The van der Waals surface area contributed by atoms with Gasteiger partial charge < -0.3 is 10.2 Å². The molecule has 0 aromatic rings. The van der Waals surface area contributed by atoms with Crippen LogP contribution in [0.25, 0.3) is 0 Å². The Morgan fingerprint density at radius 3 is 2.55 bits per heavy atom. The number of carbonyl (C=O) groups excluding carboxylic acids is 1. The predicted molar refractivity (Wildman–Crippen MR) is 80.0 cm³/mol. The molecule has 0 aliphatic carbocycles. The number of hydrogen-bond donors (Lipinski definition) is 2. The number of nitrogens with one attached hydrogen (secondary N) is 2. The van der Waals surface area contributed by atoms with Crippen LogP contribution in [0, 0.1) is 0 Å². The summed E-state index contributed by atoms with van der Waals surface area (Å²) in [6.07, 6.45) is 4.87. The standard InChI is InChI=1S/C13H27N3O3S/c1-3-4-5-13(14-11-17)10-20(18,19)15-12-6-8-16(2)9-7-12/h11-13,15H,3-10H2,1-2H3,(H,14,17). The van der Waals surface area contributed by atoms with Gasteiger partial charge in [0.2, 0.25) is 16.4 Å². The lowest BCUT2D eigenvalue weighted by Gasteiger charge is -2.29. The number of piperidine rings is 1. The van der Waals surface area contributed by atoms with Crippen molar-refractivity contribution >= 4 is 16.4 Å². The summed E-state index contributed by atoms with van der Waals surface area (Å²) in [5.74, 6) is -0.0297. The number of rotatable bonds is 9. The molecule has 1 saturated heterocycles. The van der Waals surface area contributed by atoms with Gasteiger partial charge in [-0.3, -0.25) is 4.79 Å². The average molecular weight is 305 g/mol. The highest BCUT2D eigenvalue weighted by Gasteiger charge is 2.24. The Bertz CT molecular complexity index is 378. The molecule has 20 heavy (non-hydrogen) atoms. The van der Waals surface area contributed by atoms with Crippen LogP contribution in [0.3, 0.4) is 0 Å². The van der Waals surface area contributed by atoms with Crippen LogP contribution in [0.5, 0.6) is 0 Å². The van der Waals surface area contributed by atoms with Crippen molar-refractivity contribution in [2.45, 2.75) is 51.1 Å². The Morgan fingerprint density at radius 1 is 1.35 bits per heavy atom. The minimum atomic E-state index is -3.34. The van der Waals surface area contributed by atoms with Gasteiger partial charge in [0.05, 0.1) is 5.75 Å². The summed E-state index contributed by atoms with van der Waals surface area (Å²) in [6.45, 7) is 3.88. The maximum absolute atomic E-state index is 12.1. The van der Waals surface area contributed by atoms with E-state index in [1.807, 2.05) is 14.0 Å². The Hall–Kier alpha value is -0.660. The largest absolute Gasteiger partial charge is 0.355 e. The number of carbonyl (C=O) groups is 1. The van der Waals surface area contributed by atoms with E-state index in [9.17, 15) is 13.2 Å². The molecular weight excluding hydrogens is 278 g/mol. The maximum atomic E-state index is 12.1. The van der Waals surface area contributed by atoms with Gasteiger partial charge in [-0.1, -0.05) is 19.8 Å². The summed E-state index contributed by atoms with van der Waals surface area (Å²) in [6, 6.07) is -0.268. The first-order chi connectivity index (χ1) is 9.46. The van der Waals surface area contributed by atoms with Gasteiger partial charge in [-0.2, -0.15) is 0 Å². The molecule has 1 amide bonds. The molecule has 1 atom stereocenters. The highest BCUT2D eigenvalue weighted by molar-refractivity contribution is 7.89. The number of likely N-dealkylation sites (tertiary alicyclic amines) is 1. The number of hydrogen-bond acceptors (Lipinski definition) is 4. The molecule has 0 saturated carbocycles. The highest BCUT2D eigenvalue weighted by Crippen LogP contribution is 2.10. The lowest BCUT2D eigenvalue weighted by Crippen LogP contribution is -2.47. The maximum Gasteiger partial charge on any atom is 0.213 e. The normalized spacial score (nSPS) is 19.7. The van der Waals surface area contributed by atoms with Gasteiger partial charge in [-0.25, -0.2) is 13.1 Å². The molecule has 1 aliphatic rings. The quantitative estimate of drug-likeness (QED) is 0.601. The van der Waals surface area contributed by atoms with Crippen molar-refractivity contribution in [1.82, 2.24) is 14.9 Å². The van der Waals surface area contributed by atoms with Gasteiger partial charge in [0.15, 0.2) is 0 Å². The van der Waals surface area contributed by atoms with Crippen molar-refractivity contribution in [1.29, 1.82) is 0 Å². The predicted octanol–water partition coefficient (Wildman–Crippen LogP) is 0.305. The van der Waals surface area contributed by atoms with Crippen LogP contribution in [0.1, 0.15) is 39.0 Å². The fourth-order valence-corrected chi connectivity index (χ4v) is 4.09. The lowest BCUT2D eigenvalue weighted by molar-refractivity contribution is -0.110. The van der Waals surface area contributed by atoms with Crippen molar-refractivity contribution < 1.29 is 13.2 Å². The zero-order chi connectivity index (χ0) is 15.0. The van der Waals surface area contributed by atoms with E-state index >= 15 is 0 Å². The summed E-state index contributed by atoms with van der Waals surface area (Å²) in [4.78, 5) is 12.8. The summed E-state index contributed by atoms with van der Waals surface area (Å²) < 4.78 is 27.1. The topological polar surface area (TPSA) is 78.5 Å². The molecule has 7 heteroatoms. The van der Waals surface area contributed by atoms with E-state index in [1.54, 1.807) is 0 Å². The Kier molecular flexibility index (Phi) is 7.47. The second-order valence-corrected chi connectivity index (χ2v) is 7.40. The third kappa shape index (κ3) is 6.67. The lowest BCUT2D eigenvalue weighted by atomic mass is 10.1. The molecule has 1 fully saturated rings. The third-order valence-electron chi connectivity index (χ3n) is 3.70. The molecule has 0 radical (unpaired) electrons. The first kappa shape index (κ1) is 17.4. The average Bonchev–Trinajstić information content (AvgIpc) is 2.38. The first-order valence-corrected chi connectivity index (χ1v) is 9.00. The van der Waals surface area contributed by atoms with Crippen LogP contribution in [0.2, 0.25) is 0 Å². The SMILES string of the molecule is CCCCC(CS(=O)(=O)NC1CCN(C)CC1)NC=O. The molecule has 1 unspecified atom stereocenters. The number of amides is 1. The highest BCUT2D eigenvalue weighted by atomic mass is 32.2. The van der Waals surface area contributed by atoms with Crippen LogP contribution in [0.15, 0.2) is 0 Å². The van der Waals surface area contributed by atoms with E-state index in [1.165, 1.54) is 0 Å². The van der Waals surface area contributed by atoms with Gasteiger partial charge in [0, 0.05) is 12.1 Å². The third-order valence-corrected chi connectivity index (χ3v) is 5.23. The van der Waals surface area contributed by atoms with Crippen LogP contribution in [0.4, 0.5) is 0 Å². The van der Waals surface area contributed by atoms with Gasteiger partial charge in [-0.15, -0.1) is 0 Å². The fourth-order valence-electron chi connectivity index (χ4n) is 2.45. The molecule has 1 aliphatic heterocycles. The molecule has 0 spiro atoms. The van der Waals surface area contributed by atoms with E-state index in [4.69, 9.17) is 0 Å². The summed E-state index contributed by atoms with van der Waals surface area (Å²) in [5.41, 5.74) is 0. The first-order valence-electron chi connectivity index (χ1n) is 7.35. The van der Waals surface area contributed by atoms with Crippen molar-refractivity contribution in [2.24, 2.45) is 0 Å². The molecule has 1 rings (SSSR count). The van der Waals surface area contributed by atoms with Gasteiger partial charge in [-0.05, 0) is 39.4 Å². The number of sulfonamides is 1. The zero-order valence-corrected chi connectivity index (χ0v) is 13.3. The van der Waals surface area contributed by atoms with Crippen LogP contribution < -0.4 is 10.0 Å². The van der Waals surface area contributed by atoms with Crippen molar-refractivity contribution in [3.8, 4) is 0 Å². The Morgan fingerprint density at radius 2 is 2.00 bits per heavy atom. The summed E-state index contributed by atoms with van der Waals surface area (Å²) in [7, 11) is -1.30. The molecule has 0 aromatic heterocycles. The molecule has 118 valence electrons. The minimum Gasteiger partial charge on any atom is -0.355 e. The van der Waals surface area contributed by atoms with Crippen molar-refractivity contribution in [3.63, 3.8) is 0 Å². The monoisotopic (exact) mass is 305 g/mol. The van der Waals surface area contributed by atoms with E-state index in [0.717, 1.165) is 38.8 Å².